The zero-order valence-corrected chi connectivity index (χ0v) is 12.9. The van der Waals surface area contributed by atoms with Crippen molar-refractivity contribution >= 4 is 0 Å². The van der Waals surface area contributed by atoms with Crippen molar-refractivity contribution < 1.29 is 92.3 Å². The van der Waals surface area contributed by atoms with Crippen LogP contribution in [0.25, 0.3) is 0 Å². The van der Waals surface area contributed by atoms with Crippen molar-refractivity contribution in [1.29, 1.82) is 0 Å². The monoisotopic (exact) mass is 521 g/mol. The van der Waals surface area contributed by atoms with Crippen LogP contribution >= 0.6 is 0 Å². The fourth-order valence-electron chi connectivity index (χ4n) is 1.35. The lowest BCUT2D eigenvalue weighted by molar-refractivity contribution is -0.505. The van der Waals surface area contributed by atoms with Crippen molar-refractivity contribution in [3.05, 3.63) is 0 Å². The predicted molar refractivity (Wildman–Crippen MR) is 49.7 cm³/mol. The van der Waals surface area contributed by atoms with Crippen LogP contribution < -0.4 is 0 Å². The summed E-state index contributed by atoms with van der Waals surface area (Å²) in [5.41, 5.74) is 0. The summed E-state index contributed by atoms with van der Waals surface area (Å²) in [6.07, 6.45) is -15.8. The molecule has 0 saturated carbocycles. The Labute approximate surface area is 153 Å². The molecule has 0 aliphatic carbocycles. The molecule has 0 bridgehead atoms. The van der Waals surface area contributed by atoms with Gasteiger partial charge in [0.05, 0.1) is 0 Å². The molecule has 0 rings (SSSR count). The number of halogens is 21. The van der Waals surface area contributed by atoms with Gasteiger partial charge in [-0.3, -0.25) is 0 Å². The largest absolute Gasteiger partial charge is 0.460 e. The summed E-state index contributed by atoms with van der Waals surface area (Å²) in [6.45, 7) is 0. The van der Waals surface area contributed by atoms with Gasteiger partial charge in [0.2, 0.25) is 0 Å². The summed E-state index contributed by atoms with van der Waals surface area (Å²) >= 11 is 0. The van der Waals surface area contributed by atoms with Gasteiger partial charge in [-0.15, -0.1) is 4.48 Å². The average molecular weight is 521 g/mol. The maximum Gasteiger partial charge on any atom is 0.460 e. The second kappa shape index (κ2) is 6.99. The minimum absolute atomic E-state index is 5.11. The first-order valence-corrected chi connectivity index (χ1v) is 6.15. The first kappa shape index (κ1) is 29.5. The summed E-state index contributed by atoms with van der Waals surface area (Å²) in [6, 6.07) is -17.2. The fourth-order valence-corrected chi connectivity index (χ4v) is 1.35. The Morgan fingerprint density at radius 3 is 0.710 bits per heavy atom. The van der Waals surface area contributed by atoms with Gasteiger partial charge in [-0.05, 0) is 5.12 Å². The third-order valence-corrected chi connectivity index (χ3v) is 3.14. The molecule has 0 radical (unpaired) electrons. The van der Waals surface area contributed by atoms with Gasteiger partial charge in [0.25, 0.3) is 0 Å². The predicted octanol–water partition coefficient (Wildman–Crippen LogP) is 6.66. The molecule has 0 spiro atoms. The van der Waals surface area contributed by atoms with Gasteiger partial charge in [0.1, 0.15) is 0 Å². The Hall–Kier alpha value is -1.51. The average Bonchev–Trinajstić information content (AvgIpc) is 2.50. The van der Waals surface area contributed by atoms with E-state index in [1.165, 1.54) is 0 Å². The Bertz CT molecular complexity index is 651. The van der Waals surface area contributed by atoms with Crippen LogP contribution in [0.2, 0.25) is 0 Å². The van der Waals surface area contributed by atoms with Crippen LogP contribution in [0.4, 0.5) is 92.3 Å². The Balaban J connectivity index is 6.70. The summed E-state index contributed by atoms with van der Waals surface area (Å²) in [4.78, 5) is 0. The molecule has 0 aromatic heterocycles. The van der Waals surface area contributed by atoms with E-state index >= 15 is 0 Å². The van der Waals surface area contributed by atoms with Crippen molar-refractivity contribution in [3.63, 3.8) is 0 Å². The van der Waals surface area contributed by atoms with E-state index in [0.717, 1.165) is 0 Å². The number of rotatable bonds is 7. The molecule has 0 amide bonds. The van der Waals surface area contributed by atoms with Crippen LogP contribution in [0.1, 0.15) is 0 Å². The van der Waals surface area contributed by atoms with E-state index in [4.69, 9.17) is 0 Å². The first-order valence-electron chi connectivity index (χ1n) is 6.15. The Morgan fingerprint density at radius 1 is 0.290 bits per heavy atom. The van der Waals surface area contributed by atoms with Crippen LogP contribution in [0, 0.1) is 0 Å². The topological polar surface area (TPSA) is 3.24 Å². The number of hydrogen-bond acceptors (Lipinski definition) is 1. The second-order valence-corrected chi connectivity index (χ2v) is 5.23. The highest BCUT2D eigenvalue weighted by atomic mass is 19.4. The van der Waals surface area contributed by atoms with E-state index in [1.54, 1.807) is 0 Å². The second-order valence-electron chi connectivity index (χ2n) is 5.23. The van der Waals surface area contributed by atoms with E-state index in [-0.39, 0.29) is 0 Å². The smallest absolute Gasteiger partial charge is 0.192 e. The van der Waals surface area contributed by atoms with E-state index in [1.807, 2.05) is 0 Å². The molecule has 0 unspecified atom stereocenters. The standard InChI is InChI=1S/C9F21N/c10-1(11,2(12,13)6(20,21)22)4(16,17)8(26,27)31(30)9(28,29)5(18,19)3(14,15)7(23,24)25. The zero-order valence-electron chi connectivity index (χ0n) is 12.9. The molecular formula is C9F21N. The number of nitrogens with zero attached hydrogens (tertiary/aromatic N) is 1. The van der Waals surface area contributed by atoms with Gasteiger partial charge in [0.15, 0.2) is 0 Å². The van der Waals surface area contributed by atoms with Crippen molar-refractivity contribution in [2.75, 3.05) is 0 Å². The molecule has 0 aromatic carbocycles. The molecule has 0 aliphatic heterocycles. The summed E-state index contributed by atoms with van der Waals surface area (Å²) in [5.74, 6) is -42.6. The van der Waals surface area contributed by atoms with E-state index in [9.17, 15) is 92.3 Å². The zero-order chi connectivity index (χ0) is 26.1. The van der Waals surface area contributed by atoms with Crippen molar-refractivity contribution in [1.82, 2.24) is 5.12 Å². The molecule has 0 saturated heterocycles. The Kier molecular flexibility index (Phi) is 6.65. The van der Waals surface area contributed by atoms with E-state index in [0.29, 0.717) is 0 Å². The van der Waals surface area contributed by atoms with E-state index < -0.39 is 59.2 Å². The third-order valence-electron chi connectivity index (χ3n) is 3.14. The van der Waals surface area contributed by atoms with Crippen LogP contribution in [-0.4, -0.2) is 59.2 Å². The molecule has 0 atom stereocenters. The molecule has 0 aromatic rings. The molecular weight excluding hydrogens is 521 g/mol. The van der Waals surface area contributed by atoms with Crippen LogP contribution in [0.5, 0.6) is 0 Å². The third kappa shape index (κ3) is 3.70. The molecule has 1 nitrogen and oxygen atoms in total. The van der Waals surface area contributed by atoms with Gasteiger partial charge in [0, 0.05) is 0 Å². The highest BCUT2D eigenvalue weighted by Crippen LogP contribution is 2.61. The lowest BCUT2D eigenvalue weighted by Crippen LogP contribution is -2.74. The Morgan fingerprint density at radius 2 is 0.484 bits per heavy atom. The molecule has 188 valence electrons. The van der Waals surface area contributed by atoms with Crippen molar-refractivity contribution in [3.8, 4) is 0 Å². The van der Waals surface area contributed by atoms with Gasteiger partial charge in [-0.1, -0.05) is 0 Å². The molecule has 31 heavy (non-hydrogen) atoms. The molecule has 0 N–H and O–H groups in total. The maximum absolute atomic E-state index is 13.0. The van der Waals surface area contributed by atoms with Crippen LogP contribution in [0.15, 0.2) is 0 Å². The van der Waals surface area contributed by atoms with Gasteiger partial charge < -0.3 is 0 Å². The fraction of sp³-hybridized carbons (Fsp3) is 1.00. The van der Waals surface area contributed by atoms with Crippen LogP contribution in [-0.2, 0) is 0 Å². The highest BCUT2D eigenvalue weighted by molar-refractivity contribution is 5.08. The summed E-state index contributed by atoms with van der Waals surface area (Å²) < 4.78 is 262. The van der Waals surface area contributed by atoms with Gasteiger partial charge >= 0.3 is 54.1 Å². The first-order chi connectivity index (χ1) is 12.9. The quantitative estimate of drug-likeness (QED) is 0.206. The highest BCUT2D eigenvalue weighted by Gasteiger charge is 2.92. The van der Waals surface area contributed by atoms with E-state index in [2.05, 4.69) is 0 Å². The maximum atomic E-state index is 13.0. The van der Waals surface area contributed by atoms with Gasteiger partial charge in [-0.2, -0.15) is 87.8 Å². The van der Waals surface area contributed by atoms with Gasteiger partial charge in [-0.25, -0.2) is 0 Å². The molecule has 0 aliphatic rings. The normalized spacial score (nSPS) is 16.8. The summed E-state index contributed by atoms with van der Waals surface area (Å²) in [5, 5.41) is -5.11. The molecule has 22 heteroatoms. The lowest BCUT2D eigenvalue weighted by atomic mass is 10.0. The number of hydrogen-bond donors (Lipinski definition) is 0. The van der Waals surface area contributed by atoms with Crippen LogP contribution in [0.3, 0.4) is 0 Å². The minimum atomic E-state index is -8.79. The molecule has 0 fully saturated rings. The molecule has 0 heterocycles. The minimum Gasteiger partial charge on any atom is -0.192 e. The lowest BCUT2D eigenvalue weighted by Gasteiger charge is -2.42. The van der Waals surface area contributed by atoms with Crippen molar-refractivity contribution in [2.45, 2.75) is 54.1 Å². The summed E-state index contributed by atoms with van der Waals surface area (Å²) in [7, 11) is 0. The van der Waals surface area contributed by atoms with Crippen molar-refractivity contribution in [2.24, 2.45) is 0 Å². The number of alkyl halides is 20. The SMILES string of the molecule is FN(C(F)(F)C(F)(F)C(F)(F)C(F)(F)F)C(F)(F)C(F)(F)C(F)(F)C(F)(F)C(F)(F)F.